The van der Waals surface area contributed by atoms with Crippen molar-refractivity contribution in [2.24, 2.45) is 0 Å². The third-order valence-electron chi connectivity index (χ3n) is 8.51. The quantitative estimate of drug-likeness (QED) is 0.144. The van der Waals surface area contributed by atoms with E-state index in [1.807, 2.05) is 30.3 Å². The van der Waals surface area contributed by atoms with Crippen molar-refractivity contribution in [1.82, 2.24) is 0 Å². The van der Waals surface area contributed by atoms with Gasteiger partial charge in [-0.25, -0.2) is 14.4 Å². The van der Waals surface area contributed by atoms with Gasteiger partial charge in [0, 0.05) is 0 Å². The van der Waals surface area contributed by atoms with E-state index in [4.69, 9.17) is 33.2 Å². The molecule has 0 saturated carbocycles. The average Bonchev–Trinajstić information content (AvgIpc) is 3.18. The first-order valence-electron chi connectivity index (χ1n) is 16.6. The Morgan fingerprint density at radius 3 is 1.67 bits per heavy atom. The lowest BCUT2D eigenvalue weighted by Gasteiger charge is -2.46. The number of carbonyl (C=O) groups excluding carboxylic acids is 3. The first kappa shape index (κ1) is 36.8. The Balaban J connectivity index is 1.30. The van der Waals surface area contributed by atoms with E-state index in [0.717, 1.165) is 5.56 Å². The highest BCUT2D eigenvalue weighted by Crippen LogP contribution is 2.32. The molecule has 2 heterocycles. The Hall–Kier alpha value is -4.99. The lowest BCUT2D eigenvalue weighted by atomic mass is 9.97. The summed E-state index contributed by atoms with van der Waals surface area (Å²) in [6.45, 7) is -0.813. The van der Waals surface area contributed by atoms with E-state index in [-0.39, 0.29) is 29.9 Å². The van der Waals surface area contributed by atoms with Crippen LogP contribution in [0.1, 0.15) is 36.6 Å². The minimum atomic E-state index is -1.90. The number of rotatable bonds is 12. The van der Waals surface area contributed by atoms with Crippen molar-refractivity contribution < 1.29 is 62.9 Å². The maximum Gasteiger partial charge on any atom is 0.338 e. The zero-order chi connectivity index (χ0) is 36.5. The molecule has 2 aliphatic rings. The van der Waals surface area contributed by atoms with E-state index in [0.29, 0.717) is 0 Å². The van der Waals surface area contributed by atoms with Crippen molar-refractivity contribution in [3.05, 3.63) is 144 Å². The molecule has 0 aliphatic carbocycles. The number of hydrogen-bond acceptors (Lipinski definition) is 13. The van der Waals surface area contributed by atoms with Crippen LogP contribution in [-0.2, 0) is 39.8 Å². The fraction of sp³-hybridized carbons (Fsp3) is 0.308. The van der Waals surface area contributed by atoms with E-state index in [2.05, 4.69) is 0 Å². The maximum atomic E-state index is 13.5. The fourth-order valence-corrected chi connectivity index (χ4v) is 5.82. The standard InChI is InChI=1S/C39H38O13/c40-28-22-48-39(30(41)31(28)46-21-24-13-5-1-6-14-24)52-33-32(50-36(43)26-17-9-3-10-18-26)29(23-47-35(42)25-15-7-2-8-16-25)49-38(45)34(33)51-37(44)27-19-11-4-12-20-27/h1-20,28-34,38-41,45H,21-23H2. The number of ether oxygens (including phenoxy) is 7. The summed E-state index contributed by atoms with van der Waals surface area (Å²) >= 11 is 0. The van der Waals surface area contributed by atoms with Gasteiger partial charge in [-0.2, -0.15) is 0 Å². The molecule has 0 aromatic heterocycles. The first-order chi connectivity index (χ1) is 25.3. The van der Waals surface area contributed by atoms with Gasteiger partial charge in [-0.1, -0.05) is 84.9 Å². The smallest absolute Gasteiger partial charge is 0.338 e. The van der Waals surface area contributed by atoms with Gasteiger partial charge in [0.1, 0.15) is 37.1 Å². The fourth-order valence-electron chi connectivity index (χ4n) is 5.82. The topological polar surface area (TPSA) is 177 Å². The molecular formula is C39H38O13. The summed E-state index contributed by atoms with van der Waals surface area (Å²) in [4.78, 5) is 39.8. The van der Waals surface area contributed by atoms with Crippen molar-refractivity contribution >= 4 is 17.9 Å². The van der Waals surface area contributed by atoms with Gasteiger partial charge < -0.3 is 48.5 Å². The summed E-state index contributed by atoms with van der Waals surface area (Å²) in [5.41, 5.74) is 1.30. The van der Waals surface area contributed by atoms with Crippen molar-refractivity contribution in [1.29, 1.82) is 0 Å². The molecule has 2 aliphatic heterocycles. The lowest BCUT2D eigenvalue weighted by molar-refractivity contribution is -0.344. The normalized spacial score (nSPS) is 27.2. The van der Waals surface area contributed by atoms with Gasteiger partial charge in [0.15, 0.2) is 24.8 Å². The molecule has 2 saturated heterocycles. The molecule has 13 nitrogen and oxygen atoms in total. The van der Waals surface area contributed by atoms with Crippen LogP contribution in [0.3, 0.4) is 0 Å². The van der Waals surface area contributed by atoms with Gasteiger partial charge in [0.25, 0.3) is 0 Å². The second kappa shape index (κ2) is 17.5. The summed E-state index contributed by atoms with van der Waals surface area (Å²) in [5.74, 6) is -2.43. The molecular weight excluding hydrogens is 676 g/mol. The molecule has 0 amide bonds. The van der Waals surface area contributed by atoms with Crippen LogP contribution in [-0.4, -0.2) is 102 Å². The van der Waals surface area contributed by atoms with Crippen LogP contribution in [0.4, 0.5) is 0 Å². The molecule has 0 radical (unpaired) electrons. The summed E-state index contributed by atoms with van der Waals surface area (Å²) in [5, 5.41) is 33.5. The van der Waals surface area contributed by atoms with Gasteiger partial charge >= 0.3 is 17.9 Å². The van der Waals surface area contributed by atoms with Crippen LogP contribution in [0.25, 0.3) is 0 Å². The van der Waals surface area contributed by atoms with E-state index in [1.54, 1.807) is 66.7 Å². The van der Waals surface area contributed by atoms with Crippen LogP contribution in [0.5, 0.6) is 0 Å². The molecule has 6 rings (SSSR count). The van der Waals surface area contributed by atoms with Gasteiger partial charge in [0.05, 0.1) is 29.9 Å². The third kappa shape index (κ3) is 9.08. The first-order valence-corrected chi connectivity index (χ1v) is 16.6. The molecule has 4 aromatic carbocycles. The number of esters is 3. The highest BCUT2D eigenvalue weighted by atomic mass is 16.7. The highest BCUT2D eigenvalue weighted by Gasteiger charge is 2.54. The molecule has 0 bridgehead atoms. The molecule has 0 spiro atoms. The van der Waals surface area contributed by atoms with E-state index < -0.39 is 79.8 Å². The van der Waals surface area contributed by atoms with Crippen molar-refractivity contribution in [2.75, 3.05) is 13.2 Å². The summed E-state index contributed by atoms with van der Waals surface area (Å²) < 4.78 is 40.9. The Labute approximate surface area is 299 Å². The van der Waals surface area contributed by atoms with Crippen LogP contribution >= 0.6 is 0 Å². The third-order valence-corrected chi connectivity index (χ3v) is 8.51. The number of aliphatic hydroxyl groups excluding tert-OH is 3. The molecule has 13 heteroatoms. The minimum absolute atomic E-state index is 0.0474. The van der Waals surface area contributed by atoms with Gasteiger partial charge in [0.2, 0.25) is 0 Å². The summed E-state index contributed by atoms with van der Waals surface area (Å²) in [6, 6.07) is 33.2. The van der Waals surface area contributed by atoms with E-state index in [1.165, 1.54) is 24.3 Å². The molecule has 9 atom stereocenters. The second-order valence-electron chi connectivity index (χ2n) is 12.1. The zero-order valence-corrected chi connectivity index (χ0v) is 27.8. The van der Waals surface area contributed by atoms with E-state index >= 15 is 0 Å². The number of hydrogen-bond donors (Lipinski definition) is 3. The molecule has 9 unspecified atom stereocenters. The lowest BCUT2D eigenvalue weighted by Crippen LogP contribution is -2.65. The van der Waals surface area contributed by atoms with E-state index in [9.17, 15) is 29.7 Å². The number of carbonyl (C=O) groups is 3. The van der Waals surface area contributed by atoms with Gasteiger partial charge in [-0.05, 0) is 42.0 Å². The van der Waals surface area contributed by atoms with Crippen LogP contribution in [0.15, 0.2) is 121 Å². The van der Waals surface area contributed by atoms with Crippen molar-refractivity contribution in [2.45, 2.75) is 61.9 Å². The molecule has 4 aromatic rings. The molecule has 52 heavy (non-hydrogen) atoms. The number of benzene rings is 4. The van der Waals surface area contributed by atoms with Gasteiger partial charge in [-0.3, -0.25) is 0 Å². The second-order valence-corrected chi connectivity index (χ2v) is 12.1. The summed E-state index contributed by atoms with van der Waals surface area (Å²) in [7, 11) is 0. The largest absolute Gasteiger partial charge is 0.459 e. The van der Waals surface area contributed by atoms with Crippen LogP contribution in [0, 0.1) is 0 Å². The zero-order valence-electron chi connectivity index (χ0n) is 27.8. The predicted octanol–water partition coefficient (Wildman–Crippen LogP) is 3.06. The Bertz CT molecular complexity index is 1740. The van der Waals surface area contributed by atoms with Crippen molar-refractivity contribution in [3.63, 3.8) is 0 Å². The van der Waals surface area contributed by atoms with Crippen LogP contribution < -0.4 is 0 Å². The molecule has 272 valence electrons. The minimum Gasteiger partial charge on any atom is -0.459 e. The van der Waals surface area contributed by atoms with Crippen molar-refractivity contribution in [3.8, 4) is 0 Å². The summed E-state index contributed by atoms with van der Waals surface area (Å²) in [6.07, 6.45) is -13.7. The Morgan fingerprint density at radius 1 is 0.615 bits per heavy atom. The Morgan fingerprint density at radius 2 is 1.12 bits per heavy atom. The molecule has 2 fully saturated rings. The molecule has 3 N–H and O–H groups in total. The highest BCUT2D eigenvalue weighted by molar-refractivity contribution is 5.90. The SMILES string of the molecule is O=C(OCC1OC(O)C(OC(=O)c2ccccc2)C(OC2OCC(O)C(OCc3ccccc3)C2O)C1OC(=O)c1ccccc1)c1ccccc1. The predicted molar refractivity (Wildman–Crippen MR) is 181 cm³/mol. The maximum absolute atomic E-state index is 13.5. The van der Waals surface area contributed by atoms with Crippen LogP contribution in [0.2, 0.25) is 0 Å². The Kier molecular flexibility index (Phi) is 12.4. The average molecular weight is 715 g/mol. The number of aliphatic hydroxyl groups is 3. The van der Waals surface area contributed by atoms with Gasteiger partial charge in [-0.15, -0.1) is 0 Å². The monoisotopic (exact) mass is 714 g/mol.